The lowest BCUT2D eigenvalue weighted by Gasteiger charge is -1.93. The topological polar surface area (TPSA) is 29.5 Å². The minimum absolute atomic E-state index is 0.461. The molecule has 72 valence electrons. The van der Waals surface area contributed by atoms with E-state index in [-0.39, 0.29) is 0 Å². The summed E-state index contributed by atoms with van der Waals surface area (Å²) in [5.41, 5.74) is 0. The van der Waals surface area contributed by atoms with Crippen molar-refractivity contribution < 1.29 is 10.1 Å². The highest BCUT2D eigenvalue weighted by atomic mass is 17.1. The van der Waals surface area contributed by atoms with E-state index in [1.54, 1.807) is 0 Å². The fourth-order valence-electron chi connectivity index (χ4n) is 0.986. The van der Waals surface area contributed by atoms with Crippen LogP contribution >= 0.6 is 0 Å². The van der Waals surface area contributed by atoms with Crippen molar-refractivity contribution in [3.63, 3.8) is 0 Å². The maximum atomic E-state index is 8.02. The molecule has 0 aromatic rings. The molecule has 0 atom stereocenters. The molecule has 0 saturated heterocycles. The van der Waals surface area contributed by atoms with E-state index in [0.717, 1.165) is 19.3 Å². The summed E-state index contributed by atoms with van der Waals surface area (Å²) in [7, 11) is 0. The van der Waals surface area contributed by atoms with E-state index >= 15 is 0 Å². The van der Waals surface area contributed by atoms with Crippen molar-refractivity contribution in [2.24, 2.45) is 0 Å². The van der Waals surface area contributed by atoms with Crippen LogP contribution < -0.4 is 0 Å². The summed E-state index contributed by atoms with van der Waals surface area (Å²) in [5.74, 6) is 0. The van der Waals surface area contributed by atoms with Crippen LogP contribution in [0.25, 0.3) is 0 Å². The van der Waals surface area contributed by atoms with Crippen LogP contribution in [0.5, 0.6) is 0 Å². The van der Waals surface area contributed by atoms with Gasteiger partial charge in [-0.05, 0) is 25.7 Å². The Morgan fingerprint density at radius 3 is 2.33 bits per heavy atom. The van der Waals surface area contributed by atoms with Crippen molar-refractivity contribution in [2.75, 3.05) is 6.61 Å². The van der Waals surface area contributed by atoms with Gasteiger partial charge in [0.2, 0.25) is 0 Å². The normalized spacial score (nSPS) is 11.2. The van der Waals surface area contributed by atoms with Gasteiger partial charge < -0.3 is 0 Å². The van der Waals surface area contributed by atoms with E-state index in [1.165, 1.54) is 19.3 Å². The first-order chi connectivity index (χ1) is 5.91. The standard InChI is InChI=1S/C10H20O2/c1-2-3-4-5-6-7-8-9-10-12-11/h5-6,11H,2-4,7-10H2,1H3. The largest absolute Gasteiger partial charge is 0.252 e. The Kier molecular flexibility index (Phi) is 10.4. The predicted octanol–water partition coefficient (Wildman–Crippen LogP) is 3.39. The lowest BCUT2D eigenvalue weighted by Crippen LogP contribution is -1.87. The molecule has 0 rings (SSSR count). The molecule has 2 heteroatoms. The summed E-state index contributed by atoms with van der Waals surface area (Å²) in [6, 6.07) is 0. The van der Waals surface area contributed by atoms with Crippen molar-refractivity contribution in [2.45, 2.75) is 45.4 Å². The van der Waals surface area contributed by atoms with Crippen LogP contribution in [0.4, 0.5) is 0 Å². The van der Waals surface area contributed by atoms with Gasteiger partial charge in [-0.3, -0.25) is 5.26 Å². The van der Waals surface area contributed by atoms with E-state index in [0.29, 0.717) is 6.61 Å². The van der Waals surface area contributed by atoms with Crippen molar-refractivity contribution in [1.82, 2.24) is 0 Å². The SMILES string of the molecule is CCCCC=CCCCCOO. The Morgan fingerprint density at radius 1 is 1.08 bits per heavy atom. The smallest absolute Gasteiger partial charge is 0.0819 e. The minimum Gasteiger partial charge on any atom is -0.252 e. The molecule has 0 aromatic heterocycles. The number of hydrogen-bond acceptors (Lipinski definition) is 2. The molecule has 0 aliphatic rings. The second-order valence-electron chi connectivity index (χ2n) is 2.94. The molecular weight excluding hydrogens is 152 g/mol. The predicted molar refractivity (Wildman–Crippen MR) is 51.1 cm³/mol. The van der Waals surface area contributed by atoms with Crippen LogP contribution in [0.15, 0.2) is 12.2 Å². The van der Waals surface area contributed by atoms with E-state index in [1.807, 2.05) is 0 Å². The zero-order valence-electron chi connectivity index (χ0n) is 7.96. The molecule has 0 spiro atoms. The fourth-order valence-corrected chi connectivity index (χ4v) is 0.986. The summed E-state index contributed by atoms with van der Waals surface area (Å²) in [6.07, 6.45) is 11.4. The van der Waals surface area contributed by atoms with Crippen LogP contribution in [0.2, 0.25) is 0 Å². The van der Waals surface area contributed by atoms with Gasteiger partial charge in [-0.25, -0.2) is 4.89 Å². The second kappa shape index (κ2) is 10.7. The third-order valence-electron chi connectivity index (χ3n) is 1.75. The van der Waals surface area contributed by atoms with Gasteiger partial charge in [-0.1, -0.05) is 31.9 Å². The van der Waals surface area contributed by atoms with Gasteiger partial charge in [0.1, 0.15) is 0 Å². The molecule has 2 nitrogen and oxygen atoms in total. The van der Waals surface area contributed by atoms with Crippen LogP contribution in [-0.2, 0) is 4.89 Å². The Labute approximate surface area is 75.2 Å². The van der Waals surface area contributed by atoms with Crippen LogP contribution in [0.3, 0.4) is 0 Å². The van der Waals surface area contributed by atoms with Crippen LogP contribution in [0, 0.1) is 0 Å². The van der Waals surface area contributed by atoms with E-state index in [4.69, 9.17) is 5.26 Å². The molecule has 0 unspecified atom stereocenters. The summed E-state index contributed by atoms with van der Waals surface area (Å²) in [4.78, 5) is 3.96. The molecule has 0 amide bonds. The molecular formula is C10H20O2. The van der Waals surface area contributed by atoms with Gasteiger partial charge in [0, 0.05) is 0 Å². The molecule has 0 saturated carbocycles. The first-order valence-corrected chi connectivity index (χ1v) is 4.83. The molecule has 0 radical (unpaired) electrons. The first-order valence-electron chi connectivity index (χ1n) is 4.83. The maximum absolute atomic E-state index is 8.02. The lowest BCUT2D eigenvalue weighted by atomic mass is 10.2. The third-order valence-corrected chi connectivity index (χ3v) is 1.75. The lowest BCUT2D eigenvalue weighted by molar-refractivity contribution is -0.242. The molecule has 12 heavy (non-hydrogen) atoms. The molecule has 0 heterocycles. The highest BCUT2D eigenvalue weighted by Crippen LogP contribution is 2.00. The number of unbranched alkanes of at least 4 members (excludes halogenated alkanes) is 4. The average Bonchev–Trinajstić information content (AvgIpc) is 2.10. The summed E-state index contributed by atoms with van der Waals surface area (Å²) in [5, 5.41) is 8.02. The zero-order chi connectivity index (χ0) is 9.07. The van der Waals surface area contributed by atoms with Crippen LogP contribution in [0.1, 0.15) is 45.4 Å². The summed E-state index contributed by atoms with van der Waals surface area (Å²) in [6.45, 7) is 2.66. The maximum Gasteiger partial charge on any atom is 0.0819 e. The van der Waals surface area contributed by atoms with Gasteiger partial charge in [0.25, 0.3) is 0 Å². The Morgan fingerprint density at radius 2 is 1.75 bits per heavy atom. The molecule has 0 aliphatic carbocycles. The summed E-state index contributed by atoms with van der Waals surface area (Å²) < 4.78 is 0. The molecule has 0 bridgehead atoms. The van der Waals surface area contributed by atoms with Crippen molar-refractivity contribution in [1.29, 1.82) is 0 Å². The molecule has 1 N–H and O–H groups in total. The zero-order valence-corrected chi connectivity index (χ0v) is 7.96. The van der Waals surface area contributed by atoms with Gasteiger partial charge in [-0.2, -0.15) is 0 Å². The molecule has 0 aromatic carbocycles. The average molecular weight is 172 g/mol. The van der Waals surface area contributed by atoms with Crippen LogP contribution in [-0.4, -0.2) is 11.9 Å². The number of allylic oxidation sites excluding steroid dienone is 2. The number of rotatable bonds is 8. The van der Waals surface area contributed by atoms with Crippen molar-refractivity contribution in [3.05, 3.63) is 12.2 Å². The second-order valence-corrected chi connectivity index (χ2v) is 2.94. The van der Waals surface area contributed by atoms with Gasteiger partial charge >= 0.3 is 0 Å². The van der Waals surface area contributed by atoms with E-state index < -0.39 is 0 Å². The monoisotopic (exact) mass is 172 g/mol. The van der Waals surface area contributed by atoms with E-state index in [9.17, 15) is 0 Å². The first kappa shape index (κ1) is 11.7. The molecule has 0 fully saturated rings. The number of hydrogen-bond donors (Lipinski definition) is 1. The fraction of sp³-hybridized carbons (Fsp3) is 0.800. The Balaban J connectivity index is 2.92. The highest BCUT2D eigenvalue weighted by molar-refractivity contribution is 4.80. The van der Waals surface area contributed by atoms with Gasteiger partial charge in [0.15, 0.2) is 0 Å². The third kappa shape index (κ3) is 9.66. The summed E-state index contributed by atoms with van der Waals surface area (Å²) >= 11 is 0. The Hall–Kier alpha value is -0.340. The quantitative estimate of drug-likeness (QED) is 0.263. The van der Waals surface area contributed by atoms with E-state index in [2.05, 4.69) is 24.0 Å². The Bertz CT molecular complexity index is 100. The van der Waals surface area contributed by atoms with Crippen molar-refractivity contribution in [3.8, 4) is 0 Å². The minimum atomic E-state index is 0.461. The van der Waals surface area contributed by atoms with Gasteiger partial charge in [-0.15, -0.1) is 0 Å². The highest BCUT2D eigenvalue weighted by Gasteiger charge is 1.85. The molecule has 0 aliphatic heterocycles. The van der Waals surface area contributed by atoms with Crippen molar-refractivity contribution >= 4 is 0 Å². The van der Waals surface area contributed by atoms with Gasteiger partial charge in [0.05, 0.1) is 6.61 Å².